The fourth-order valence-corrected chi connectivity index (χ4v) is 1.29. The molecule has 0 amide bonds. The molecule has 0 aliphatic heterocycles. The number of nitrogens with zero attached hydrogens (tertiary/aromatic N) is 3. The number of nitrogens with two attached hydrogens (primary N) is 1. The van der Waals surface area contributed by atoms with E-state index in [9.17, 15) is 0 Å². The Morgan fingerprint density at radius 1 is 1.69 bits per heavy atom. The summed E-state index contributed by atoms with van der Waals surface area (Å²) in [6.07, 6.45) is 1.17. The average Bonchev–Trinajstić information content (AvgIpc) is 2.64. The Bertz CT molecular complexity index is 349. The first kappa shape index (κ1) is 12.4. The maximum absolute atomic E-state index is 8.39. The summed E-state index contributed by atoms with van der Waals surface area (Å²) in [5, 5.41) is 18.2. The highest BCUT2D eigenvalue weighted by atomic mass is 16.5. The maximum Gasteiger partial charge on any atom is 0.227 e. The van der Waals surface area contributed by atoms with Gasteiger partial charge in [-0.15, -0.1) is 0 Å². The number of rotatable bonds is 6. The molecular formula is C9H17N5O2. The molecule has 0 bridgehead atoms. The van der Waals surface area contributed by atoms with Crippen LogP contribution in [-0.2, 0) is 6.42 Å². The smallest absolute Gasteiger partial charge is 0.227 e. The van der Waals surface area contributed by atoms with Gasteiger partial charge >= 0.3 is 0 Å². The third kappa shape index (κ3) is 4.26. The predicted molar refractivity (Wildman–Crippen MR) is 58.2 cm³/mol. The molecule has 1 aromatic rings. The summed E-state index contributed by atoms with van der Waals surface area (Å²) >= 11 is 0. The van der Waals surface area contributed by atoms with Crippen LogP contribution in [0.15, 0.2) is 9.68 Å². The normalized spacial score (nSPS) is 14.0. The van der Waals surface area contributed by atoms with Crippen LogP contribution < -0.4 is 11.1 Å². The molecule has 0 saturated heterocycles. The molecule has 1 heterocycles. The Hall–Kier alpha value is -1.63. The number of nitrogens with one attached hydrogen (secondary N) is 1. The highest BCUT2D eigenvalue weighted by Crippen LogP contribution is 1.97. The number of hydrogen-bond donors (Lipinski definition) is 3. The van der Waals surface area contributed by atoms with Crippen molar-refractivity contribution in [3.05, 3.63) is 11.7 Å². The van der Waals surface area contributed by atoms with Gasteiger partial charge in [-0.1, -0.05) is 10.3 Å². The summed E-state index contributed by atoms with van der Waals surface area (Å²) in [7, 11) is 0. The van der Waals surface area contributed by atoms with Gasteiger partial charge in [0.1, 0.15) is 5.84 Å². The lowest BCUT2D eigenvalue weighted by atomic mass is 10.2. The van der Waals surface area contributed by atoms with Crippen LogP contribution in [0.3, 0.4) is 0 Å². The molecule has 7 heteroatoms. The average molecular weight is 227 g/mol. The molecule has 4 N–H and O–H groups in total. The molecule has 0 saturated carbocycles. The van der Waals surface area contributed by atoms with Gasteiger partial charge in [0.05, 0.1) is 0 Å². The van der Waals surface area contributed by atoms with Gasteiger partial charge in [0, 0.05) is 25.4 Å². The Kier molecular flexibility index (Phi) is 4.71. The second kappa shape index (κ2) is 6.06. The number of hydrogen-bond acceptors (Lipinski definition) is 6. The molecule has 0 fully saturated rings. The summed E-state index contributed by atoms with van der Waals surface area (Å²) in [5.74, 6) is 1.47. The Morgan fingerprint density at radius 2 is 2.44 bits per heavy atom. The van der Waals surface area contributed by atoms with Crippen molar-refractivity contribution in [2.45, 2.75) is 32.7 Å². The summed E-state index contributed by atoms with van der Waals surface area (Å²) in [4.78, 5) is 4.08. The largest absolute Gasteiger partial charge is 0.409 e. The van der Waals surface area contributed by atoms with Crippen LogP contribution in [0.2, 0.25) is 0 Å². The van der Waals surface area contributed by atoms with Crippen molar-refractivity contribution in [1.82, 2.24) is 15.5 Å². The second-order valence-electron chi connectivity index (χ2n) is 3.64. The highest BCUT2D eigenvalue weighted by Gasteiger charge is 2.06. The van der Waals surface area contributed by atoms with Crippen LogP contribution in [0.4, 0.5) is 0 Å². The minimum atomic E-state index is 0.139. The second-order valence-corrected chi connectivity index (χ2v) is 3.64. The Labute approximate surface area is 93.7 Å². The molecule has 7 nitrogen and oxygen atoms in total. The zero-order valence-corrected chi connectivity index (χ0v) is 9.47. The molecule has 1 rings (SSSR count). The molecule has 16 heavy (non-hydrogen) atoms. The molecule has 0 aliphatic rings. The van der Waals surface area contributed by atoms with Crippen molar-refractivity contribution >= 4 is 5.84 Å². The molecule has 90 valence electrons. The topological polar surface area (TPSA) is 110 Å². The van der Waals surface area contributed by atoms with Crippen LogP contribution in [-0.4, -0.2) is 33.8 Å². The zero-order chi connectivity index (χ0) is 12.0. The van der Waals surface area contributed by atoms with Gasteiger partial charge in [0.15, 0.2) is 5.82 Å². The Balaban J connectivity index is 2.20. The molecule has 0 radical (unpaired) electrons. The summed E-state index contributed by atoms with van der Waals surface area (Å²) in [5.41, 5.74) is 5.38. The zero-order valence-electron chi connectivity index (χ0n) is 9.47. The molecule has 1 unspecified atom stereocenters. The number of oxime groups is 1. The van der Waals surface area contributed by atoms with E-state index in [2.05, 4.69) is 20.6 Å². The minimum absolute atomic E-state index is 0.139. The van der Waals surface area contributed by atoms with E-state index in [1.807, 2.05) is 6.92 Å². The van der Waals surface area contributed by atoms with E-state index in [4.69, 9.17) is 15.5 Å². The van der Waals surface area contributed by atoms with Crippen molar-refractivity contribution in [2.75, 3.05) is 6.54 Å². The molecule has 0 aromatic carbocycles. The van der Waals surface area contributed by atoms with Crippen molar-refractivity contribution in [2.24, 2.45) is 10.9 Å². The Morgan fingerprint density at radius 3 is 3.00 bits per heavy atom. The molecule has 0 spiro atoms. The van der Waals surface area contributed by atoms with Crippen molar-refractivity contribution in [3.63, 3.8) is 0 Å². The van der Waals surface area contributed by atoms with E-state index < -0.39 is 0 Å². The van der Waals surface area contributed by atoms with Crippen LogP contribution >= 0.6 is 0 Å². The van der Waals surface area contributed by atoms with Gasteiger partial charge in [-0.05, 0) is 13.8 Å². The standard InChI is InChI=1S/C9H17N5O2/c1-6(5-8(10)13-15)11-4-3-9-12-7(2)14-16-9/h6,11,15H,3-5H2,1-2H3,(H2,10,13). The first-order valence-electron chi connectivity index (χ1n) is 5.10. The molecule has 1 aromatic heterocycles. The van der Waals surface area contributed by atoms with Crippen LogP contribution in [0, 0.1) is 6.92 Å². The lowest BCUT2D eigenvalue weighted by molar-refractivity contribution is 0.315. The number of aromatic nitrogens is 2. The fraction of sp³-hybridized carbons (Fsp3) is 0.667. The van der Waals surface area contributed by atoms with E-state index >= 15 is 0 Å². The van der Waals surface area contributed by atoms with Crippen molar-refractivity contribution in [1.29, 1.82) is 0 Å². The van der Waals surface area contributed by atoms with E-state index in [1.165, 1.54) is 0 Å². The van der Waals surface area contributed by atoms with E-state index in [0.29, 0.717) is 31.1 Å². The van der Waals surface area contributed by atoms with Gasteiger partial charge in [-0.2, -0.15) is 4.98 Å². The third-order valence-corrected chi connectivity index (χ3v) is 2.05. The van der Waals surface area contributed by atoms with Crippen LogP contribution in [0.5, 0.6) is 0 Å². The maximum atomic E-state index is 8.39. The van der Waals surface area contributed by atoms with Gasteiger partial charge in [-0.3, -0.25) is 0 Å². The first-order chi connectivity index (χ1) is 7.61. The fourth-order valence-electron chi connectivity index (χ4n) is 1.29. The number of aryl methyl sites for hydroxylation is 1. The first-order valence-corrected chi connectivity index (χ1v) is 5.10. The molecule has 0 aliphatic carbocycles. The number of amidine groups is 1. The molecular weight excluding hydrogens is 210 g/mol. The summed E-state index contributed by atoms with van der Waals surface area (Å²) < 4.78 is 4.96. The van der Waals surface area contributed by atoms with Gasteiger partial charge in [-0.25, -0.2) is 0 Å². The molecule has 1 atom stereocenters. The summed E-state index contributed by atoms with van der Waals surface area (Å²) in [6.45, 7) is 4.44. The van der Waals surface area contributed by atoms with E-state index in [-0.39, 0.29) is 11.9 Å². The SMILES string of the molecule is Cc1noc(CCNC(C)CC(N)=NO)n1. The minimum Gasteiger partial charge on any atom is -0.409 e. The van der Waals surface area contributed by atoms with Crippen LogP contribution in [0.1, 0.15) is 25.1 Å². The van der Waals surface area contributed by atoms with Gasteiger partial charge < -0.3 is 20.8 Å². The lowest BCUT2D eigenvalue weighted by Crippen LogP contribution is -2.32. The predicted octanol–water partition coefficient (Wildman–Crippen LogP) is 0.0351. The van der Waals surface area contributed by atoms with Crippen LogP contribution in [0.25, 0.3) is 0 Å². The van der Waals surface area contributed by atoms with Crippen molar-refractivity contribution in [3.8, 4) is 0 Å². The summed E-state index contributed by atoms with van der Waals surface area (Å²) in [6, 6.07) is 0.139. The van der Waals surface area contributed by atoms with Crippen molar-refractivity contribution < 1.29 is 9.73 Å². The van der Waals surface area contributed by atoms with Gasteiger partial charge in [0.25, 0.3) is 0 Å². The van der Waals surface area contributed by atoms with E-state index in [0.717, 1.165) is 0 Å². The monoisotopic (exact) mass is 227 g/mol. The highest BCUT2D eigenvalue weighted by molar-refractivity contribution is 5.80. The third-order valence-electron chi connectivity index (χ3n) is 2.05. The van der Waals surface area contributed by atoms with Gasteiger partial charge in [0.2, 0.25) is 5.89 Å². The van der Waals surface area contributed by atoms with E-state index in [1.54, 1.807) is 6.92 Å². The quantitative estimate of drug-likeness (QED) is 0.274. The lowest BCUT2D eigenvalue weighted by Gasteiger charge is -2.11.